The summed E-state index contributed by atoms with van der Waals surface area (Å²) in [4.78, 5) is 14.8. The molecule has 1 amide bonds. The molecule has 2 saturated carbocycles. The van der Waals surface area contributed by atoms with Gasteiger partial charge in [0.25, 0.3) is 0 Å². The van der Waals surface area contributed by atoms with Gasteiger partial charge in [-0.1, -0.05) is 73.7 Å². The Labute approximate surface area is 301 Å². The van der Waals surface area contributed by atoms with Crippen molar-refractivity contribution in [3.05, 3.63) is 125 Å². The van der Waals surface area contributed by atoms with Gasteiger partial charge in [-0.2, -0.15) is 0 Å². The Morgan fingerprint density at radius 3 is 2.33 bits per heavy atom. The largest absolute Gasteiger partial charge is 0.490 e. The molecule has 3 fully saturated rings. The van der Waals surface area contributed by atoms with Crippen LogP contribution < -0.4 is 14.8 Å². The van der Waals surface area contributed by atoms with Gasteiger partial charge < -0.3 is 19.5 Å². The van der Waals surface area contributed by atoms with Gasteiger partial charge in [0.2, 0.25) is 5.91 Å². The average Bonchev–Trinajstić information content (AvgIpc) is 3.78. The van der Waals surface area contributed by atoms with Gasteiger partial charge in [0.15, 0.2) is 0 Å². The lowest BCUT2D eigenvalue weighted by Crippen LogP contribution is -2.52. The number of aryl methyl sites for hydroxylation is 1. The smallest absolute Gasteiger partial charge is 0.238 e. The van der Waals surface area contributed by atoms with Crippen molar-refractivity contribution in [1.29, 1.82) is 0 Å². The second kappa shape index (κ2) is 14.8. The molecule has 1 aliphatic heterocycles. The molecule has 266 valence electrons. The van der Waals surface area contributed by atoms with E-state index < -0.39 is 5.82 Å². The zero-order valence-electron chi connectivity index (χ0n) is 29.6. The first-order chi connectivity index (χ1) is 24.9. The van der Waals surface area contributed by atoms with E-state index in [-0.39, 0.29) is 41.7 Å². The van der Waals surface area contributed by atoms with Crippen LogP contribution in [0.25, 0.3) is 0 Å². The second-order valence-electron chi connectivity index (χ2n) is 15.4. The molecule has 1 N–H and O–H groups in total. The quantitative estimate of drug-likeness (QED) is 0.171. The van der Waals surface area contributed by atoms with Crippen LogP contribution in [0.5, 0.6) is 11.5 Å². The van der Waals surface area contributed by atoms with Crippen molar-refractivity contribution in [2.24, 2.45) is 17.3 Å². The summed E-state index contributed by atoms with van der Waals surface area (Å²) in [5, 5.41) is 2.78. The van der Waals surface area contributed by atoms with Crippen molar-refractivity contribution in [3.8, 4) is 11.5 Å². The van der Waals surface area contributed by atoms with Gasteiger partial charge in [-0.05, 0) is 116 Å². The predicted molar refractivity (Wildman–Crippen MR) is 197 cm³/mol. The fourth-order valence-electron chi connectivity index (χ4n) is 9.73. The highest BCUT2D eigenvalue weighted by Crippen LogP contribution is 2.62. The highest BCUT2D eigenvalue weighted by molar-refractivity contribution is 5.92. The van der Waals surface area contributed by atoms with Gasteiger partial charge in [-0.25, -0.2) is 4.39 Å². The van der Waals surface area contributed by atoms with Crippen LogP contribution >= 0.6 is 0 Å². The summed E-state index contributed by atoms with van der Waals surface area (Å²) < 4.78 is 35.4. The Morgan fingerprint density at radius 2 is 1.59 bits per heavy atom. The van der Waals surface area contributed by atoms with Crippen molar-refractivity contribution < 1.29 is 23.4 Å². The molecule has 0 radical (unpaired) electrons. The molecule has 0 aromatic heterocycles. The van der Waals surface area contributed by atoms with Gasteiger partial charge in [0.05, 0.1) is 24.9 Å². The molecular weight excluding hydrogens is 639 g/mol. The molecule has 0 bridgehead atoms. The van der Waals surface area contributed by atoms with E-state index in [9.17, 15) is 4.79 Å². The van der Waals surface area contributed by atoms with E-state index in [0.29, 0.717) is 30.8 Å². The number of anilines is 1. The number of benzene rings is 4. The van der Waals surface area contributed by atoms with Crippen molar-refractivity contribution >= 4 is 11.6 Å². The Morgan fingerprint density at radius 1 is 0.863 bits per heavy atom. The molecule has 1 heterocycles. The SMILES string of the molecule is C[C@]12C[C@H](Oc3ccc(NC(=O)CN4CCCC4)c(F)c3)[C@@H]3c4ccc(OCc5ccccc5)cc4CC[C@H]3[C@@H]1CC[C@@H]2OCc1ccccc1. The summed E-state index contributed by atoms with van der Waals surface area (Å²) >= 11 is 0. The van der Waals surface area contributed by atoms with Gasteiger partial charge in [-0.3, -0.25) is 9.69 Å². The topological polar surface area (TPSA) is 60.0 Å². The van der Waals surface area contributed by atoms with Crippen LogP contribution in [0.3, 0.4) is 0 Å². The molecule has 4 aromatic carbocycles. The van der Waals surface area contributed by atoms with Gasteiger partial charge in [-0.15, -0.1) is 0 Å². The number of hydrogen-bond acceptors (Lipinski definition) is 5. The molecule has 8 rings (SSSR count). The maximum Gasteiger partial charge on any atom is 0.238 e. The van der Waals surface area contributed by atoms with Crippen LogP contribution in [-0.2, 0) is 29.2 Å². The third kappa shape index (κ3) is 7.29. The minimum atomic E-state index is -0.479. The molecule has 7 heteroatoms. The molecule has 3 aliphatic carbocycles. The standard InChI is InChI=1S/C44H49FN2O4/c1-44-26-40(51-34-16-20-39(38(45)25-34)46-42(48)27-47-22-8-9-23-47)43-35-18-15-33(49-28-30-10-4-2-5-11-30)24-32(35)14-17-36(43)37(44)19-21-41(44)50-29-31-12-6-3-7-13-31/h2-7,10-13,15-16,18,20,24-25,36-37,40-41,43H,8-9,14,17,19,21-23,26-29H2,1H3,(H,46,48)/t36-,37-,40-,41-,43+,44-/m0/s1. The van der Waals surface area contributed by atoms with Gasteiger partial charge >= 0.3 is 0 Å². The maximum atomic E-state index is 15.6. The third-order valence-corrected chi connectivity index (χ3v) is 12.2. The van der Waals surface area contributed by atoms with Crippen LogP contribution in [-0.4, -0.2) is 42.6 Å². The fraction of sp³-hybridized carbons (Fsp3) is 0.432. The van der Waals surface area contributed by atoms with E-state index in [1.54, 1.807) is 12.1 Å². The lowest BCUT2D eigenvalue weighted by Gasteiger charge is -2.53. The van der Waals surface area contributed by atoms with E-state index in [4.69, 9.17) is 14.2 Å². The van der Waals surface area contributed by atoms with Crippen LogP contribution in [0.2, 0.25) is 0 Å². The number of amides is 1. The zero-order chi connectivity index (χ0) is 34.8. The predicted octanol–water partition coefficient (Wildman–Crippen LogP) is 8.94. The number of halogens is 1. The van der Waals surface area contributed by atoms with Gasteiger partial charge in [0, 0.05) is 17.4 Å². The first-order valence-electron chi connectivity index (χ1n) is 18.9. The summed E-state index contributed by atoms with van der Waals surface area (Å²) in [6, 6.07) is 32.1. The van der Waals surface area contributed by atoms with Crippen LogP contribution in [0, 0.1) is 23.1 Å². The molecule has 6 atom stereocenters. The first kappa shape index (κ1) is 33.9. The van der Waals surface area contributed by atoms with Gasteiger partial charge in [0.1, 0.15) is 30.0 Å². The Bertz CT molecular complexity index is 1810. The van der Waals surface area contributed by atoms with Crippen LogP contribution in [0.15, 0.2) is 97.1 Å². The highest BCUT2D eigenvalue weighted by atomic mass is 19.1. The molecular formula is C44H49FN2O4. The molecule has 1 saturated heterocycles. The Hall–Kier alpha value is -4.20. The van der Waals surface area contributed by atoms with Crippen molar-refractivity contribution in [2.45, 2.75) is 83.2 Å². The summed E-state index contributed by atoms with van der Waals surface area (Å²) in [7, 11) is 0. The molecule has 4 aliphatic rings. The number of nitrogens with one attached hydrogen (secondary N) is 1. The number of ether oxygens (including phenoxy) is 3. The Kier molecular flexibility index (Phi) is 9.84. The molecule has 51 heavy (non-hydrogen) atoms. The van der Waals surface area contributed by atoms with Crippen molar-refractivity contribution in [1.82, 2.24) is 4.90 Å². The third-order valence-electron chi connectivity index (χ3n) is 12.2. The number of fused-ring (bicyclic) bond motifs is 5. The number of carbonyl (C=O) groups excluding carboxylic acids is 1. The molecule has 6 nitrogen and oxygen atoms in total. The zero-order valence-corrected chi connectivity index (χ0v) is 29.6. The van der Waals surface area contributed by atoms with E-state index in [1.165, 1.54) is 22.8 Å². The minimum absolute atomic E-state index is 0.0706. The number of likely N-dealkylation sites (tertiary alicyclic amines) is 1. The monoisotopic (exact) mass is 688 g/mol. The highest BCUT2D eigenvalue weighted by Gasteiger charge is 2.59. The van der Waals surface area contributed by atoms with Crippen molar-refractivity contribution in [2.75, 3.05) is 25.0 Å². The summed E-state index contributed by atoms with van der Waals surface area (Å²) in [6.07, 6.45) is 7.21. The molecule has 0 spiro atoms. The Balaban J connectivity index is 1.04. The molecule has 4 aromatic rings. The van der Waals surface area contributed by atoms with Crippen LogP contribution in [0.1, 0.15) is 73.6 Å². The van der Waals surface area contributed by atoms with Crippen LogP contribution in [0.4, 0.5) is 10.1 Å². The number of carbonyl (C=O) groups is 1. The number of hydrogen-bond donors (Lipinski definition) is 1. The average molecular weight is 689 g/mol. The first-order valence-corrected chi connectivity index (χ1v) is 18.9. The summed E-state index contributed by atoms with van der Waals surface area (Å²) in [5.41, 5.74) is 5.09. The van der Waals surface area contributed by atoms with E-state index >= 15 is 4.39 Å². The molecule has 0 unspecified atom stereocenters. The number of rotatable bonds is 11. The normalized spacial score (nSPS) is 26.9. The van der Waals surface area contributed by atoms with Crippen molar-refractivity contribution in [3.63, 3.8) is 0 Å². The fourth-order valence-corrected chi connectivity index (χ4v) is 9.73. The summed E-state index contributed by atoms with van der Waals surface area (Å²) in [5.74, 6) is 1.82. The lowest BCUT2D eigenvalue weighted by atomic mass is 9.54. The minimum Gasteiger partial charge on any atom is -0.490 e. The van der Waals surface area contributed by atoms with E-state index in [0.717, 1.165) is 69.3 Å². The van der Waals surface area contributed by atoms with E-state index in [1.807, 2.05) is 24.3 Å². The lowest BCUT2D eigenvalue weighted by molar-refractivity contribution is -0.117. The van der Waals surface area contributed by atoms with E-state index in [2.05, 4.69) is 71.7 Å². The second-order valence-corrected chi connectivity index (χ2v) is 15.4. The number of nitrogens with zero attached hydrogens (tertiary/aromatic N) is 1. The maximum absolute atomic E-state index is 15.6. The summed E-state index contributed by atoms with van der Waals surface area (Å²) in [6.45, 7) is 5.64.